The van der Waals surface area contributed by atoms with E-state index in [-0.39, 0.29) is 5.91 Å². The molecule has 4 aromatic rings. The third-order valence-corrected chi connectivity index (χ3v) is 4.15. The number of furan rings is 1. The Bertz CT molecular complexity index is 1080. The van der Waals surface area contributed by atoms with E-state index >= 15 is 0 Å². The summed E-state index contributed by atoms with van der Waals surface area (Å²) < 4.78 is 6.86. The van der Waals surface area contributed by atoms with E-state index in [0.29, 0.717) is 35.3 Å². The molecule has 0 aliphatic rings. The summed E-state index contributed by atoms with van der Waals surface area (Å²) in [5.41, 5.74) is 2.93. The Hall–Kier alpha value is -3.68. The molecule has 4 rings (SSSR count). The zero-order valence-corrected chi connectivity index (χ0v) is 14.9. The fourth-order valence-electron chi connectivity index (χ4n) is 2.70. The van der Waals surface area contributed by atoms with Crippen molar-refractivity contribution in [2.24, 2.45) is 0 Å². The average Bonchev–Trinajstić information content (AvgIpc) is 3.36. The Balaban J connectivity index is 1.66. The molecule has 136 valence electrons. The number of amides is 1. The van der Waals surface area contributed by atoms with E-state index in [4.69, 9.17) is 4.42 Å². The zero-order chi connectivity index (χ0) is 18.8. The molecule has 0 atom stereocenters. The summed E-state index contributed by atoms with van der Waals surface area (Å²) >= 11 is 0. The minimum absolute atomic E-state index is 0.269. The summed E-state index contributed by atoms with van der Waals surface area (Å²) in [6.07, 6.45) is 3.04. The van der Waals surface area contributed by atoms with Crippen LogP contribution in [0.3, 0.4) is 0 Å². The van der Waals surface area contributed by atoms with E-state index in [1.807, 2.05) is 31.2 Å². The minimum Gasteiger partial charge on any atom is -0.461 e. The molecule has 8 heteroatoms. The molecule has 0 spiro atoms. The number of rotatable bonds is 5. The Morgan fingerprint density at radius 1 is 1.22 bits per heavy atom. The first kappa shape index (κ1) is 16.8. The first-order chi connectivity index (χ1) is 13.2. The molecule has 0 bridgehead atoms. The highest BCUT2D eigenvalue weighted by Gasteiger charge is 2.19. The van der Waals surface area contributed by atoms with Gasteiger partial charge in [0.2, 0.25) is 11.8 Å². The summed E-state index contributed by atoms with van der Waals surface area (Å²) in [4.78, 5) is 21.5. The number of nitrogens with zero attached hydrogens (tertiary/aromatic N) is 4. The van der Waals surface area contributed by atoms with Crippen molar-refractivity contribution in [2.75, 3.05) is 12.4 Å². The Labute approximate surface area is 155 Å². The van der Waals surface area contributed by atoms with Gasteiger partial charge in [0.15, 0.2) is 11.4 Å². The van der Waals surface area contributed by atoms with Crippen LogP contribution in [-0.2, 0) is 6.54 Å². The topological polar surface area (TPSA) is 97.3 Å². The van der Waals surface area contributed by atoms with Gasteiger partial charge in [0.25, 0.3) is 5.91 Å². The lowest BCUT2D eigenvalue weighted by molar-refractivity contribution is 0.0951. The lowest BCUT2D eigenvalue weighted by Gasteiger charge is -2.08. The first-order valence-corrected chi connectivity index (χ1v) is 8.47. The van der Waals surface area contributed by atoms with E-state index in [1.54, 1.807) is 25.4 Å². The molecule has 3 aromatic heterocycles. The van der Waals surface area contributed by atoms with Gasteiger partial charge in [-0.2, -0.15) is 4.52 Å². The van der Waals surface area contributed by atoms with Crippen LogP contribution in [0.1, 0.15) is 21.5 Å². The molecule has 1 aromatic carbocycles. The van der Waals surface area contributed by atoms with Crippen LogP contribution in [0, 0.1) is 6.92 Å². The van der Waals surface area contributed by atoms with Crippen LogP contribution in [0.4, 0.5) is 5.95 Å². The molecule has 0 aliphatic heterocycles. The van der Waals surface area contributed by atoms with E-state index in [1.165, 1.54) is 16.3 Å². The van der Waals surface area contributed by atoms with Crippen LogP contribution in [0.25, 0.3) is 17.2 Å². The summed E-state index contributed by atoms with van der Waals surface area (Å²) in [7, 11) is 1.73. The summed E-state index contributed by atoms with van der Waals surface area (Å²) in [5.74, 6) is 1.11. The van der Waals surface area contributed by atoms with Gasteiger partial charge in [0.05, 0.1) is 6.26 Å². The molecule has 2 N–H and O–H groups in total. The van der Waals surface area contributed by atoms with Crippen molar-refractivity contribution >= 4 is 17.5 Å². The molecule has 0 saturated carbocycles. The maximum atomic E-state index is 12.7. The van der Waals surface area contributed by atoms with Gasteiger partial charge in [0, 0.05) is 19.8 Å². The number of aryl methyl sites for hydroxylation is 1. The van der Waals surface area contributed by atoms with Crippen molar-refractivity contribution in [2.45, 2.75) is 13.5 Å². The van der Waals surface area contributed by atoms with Crippen molar-refractivity contribution in [3.05, 3.63) is 65.5 Å². The third kappa shape index (κ3) is 3.24. The van der Waals surface area contributed by atoms with Crippen molar-refractivity contribution in [1.82, 2.24) is 24.9 Å². The molecule has 1 amide bonds. The van der Waals surface area contributed by atoms with Crippen LogP contribution in [0.5, 0.6) is 0 Å². The summed E-state index contributed by atoms with van der Waals surface area (Å²) in [6, 6.07) is 11.5. The second-order valence-electron chi connectivity index (χ2n) is 6.06. The van der Waals surface area contributed by atoms with Crippen LogP contribution >= 0.6 is 0 Å². The predicted octanol–water partition coefficient (Wildman–Crippen LogP) is 2.66. The number of hydrogen-bond acceptors (Lipinski definition) is 6. The number of carbonyl (C=O) groups excluding carboxylic acids is 1. The van der Waals surface area contributed by atoms with Crippen LogP contribution in [0.2, 0.25) is 0 Å². The molecule has 0 unspecified atom stereocenters. The number of fused-ring (bicyclic) bond motifs is 1. The lowest BCUT2D eigenvalue weighted by Crippen LogP contribution is -2.24. The van der Waals surface area contributed by atoms with Gasteiger partial charge < -0.3 is 15.1 Å². The fourth-order valence-corrected chi connectivity index (χ4v) is 2.70. The van der Waals surface area contributed by atoms with Crippen LogP contribution in [-0.4, -0.2) is 32.5 Å². The molecule has 0 radical (unpaired) electrons. The van der Waals surface area contributed by atoms with Gasteiger partial charge in [-0.05, 0) is 24.6 Å². The maximum Gasteiger partial charge on any atom is 0.256 e. The third-order valence-electron chi connectivity index (χ3n) is 4.15. The van der Waals surface area contributed by atoms with Crippen molar-refractivity contribution in [3.63, 3.8) is 0 Å². The van der Waals surface area contributed by atoms with E-state index in [2.05, 4.69) is 25.7 Å². The maximum absolute atomic E-state index is 12.7. The normalized spacial score (nSPS) is 10.9. The highest BCUT2D eigenvalue weighted by molar-refractivity contribution is 5.99. The predicted molar refractivity (Wildman–Crippen MR) is 100 cm³/mol. The number of hydrogen-bond donors (Lipinski definition) is 2. The molecule has 27 heavy (non-hydrogen) atoms. The van der Waals surface area contributed by atoms with Crippen molar-refractivity contribution < 1.29 is 9.21 Å². The fraction of sp³-hybridized carbons (Fsp3) is 0.158. The summed E-state index contributed by atoms with van der Waals surface area (Å²) in [6.45, 7) is 2.44. The average molecular weight is 362 g/mol. The molecular weight excluding hydrogens is 344 g/mol. The number of aromatic nitrogens is 4. The molecule has 8 nitrogen and oxygen atoms in total. The molecule has 3 heterocycles. The quantitative estimate of drug-likeness (QED) is 0.566. The second kappa shape index (κ2) is 6.91. The second-order valence-corrected chi connectivity index (χ2v) is 6.06. The highest BCUT2D eigenvalue weighted by atomic mass is 16.3. The number of anilines is 1. The minimum atomic E-state index is -0.269. The standard InChI is InChI=1S/C19H18N6O2/c1-12-5-7-13(8-6-12)10-21-18(26)14-11-22-19(20-2)25-17(14)23-16(24-25)15-4-3-9-27-15/h3-9,11H,10H2,1-2H3,(H,20,22)(H,21,26). The van der Waals surface area contributed by atoms with E-state index < -0.39 is 0 Å². The van der Waals surface area contributed by atoms with Gasteiger partial charge >= 0.3 is 0 Å². The Morgan fingerprint density at radius 3 is 2.74 bits per heavy atom. The van der Waals surface area contributed by atoms with Crippen molar-refractivity contribution in [3.8, 4) is 11.6 Å². The van der Waals surface area contributed by atoms with Gasteiger partial charge in [-0.15, -0.1) is 5.10 Å². The van der Waals surface area contributed by atoms with Crippen LogP contribution < -0.4 is 10.6 Å². The van der Waals surface area contributed by atoms with Crippen LogP contribution in [0.15, 0.2) is 53.3 Å². The van der Waals surface area contributed by atoms with Crippen molar-refractivity contribution in [1.29, 1.82) is 0 Å². The smallest absolute Gasteiger partial charge is 0.256 e. The Morgan fingerprint density at radius 2 is 2.04 bits per heavy atom. The lowest BCUT2D eigenvalue weighted by atomic mass is 10.1. The zero-order valence-electron chi connectivity index (χ0n) is 14.9. The summed E-state index contributed by atoms with van der Waals surface area (Å²) in [5, 5.41) is 10.3. The molecule has 0 saturated heterocycles. The Kier molecular flexibility index (Phi) is 4.29. The molecular formula is C19H18N6O2. The van der Waals surface area contributed by atoms with Gasteiger partial charge in [-0.25, -0.2) is 9.97 Å². The number of carbonyl (C=O) groups is 1. The van der Waals surface area contributed by atoms with Gasteiger partial charge in [-0.3, -0.25) is 4.79 Å². The molecule has 0 aliphatic carbocycles. The van der Waals surface area contributed by atoms with Gasteiger partial charge in [0.1, 0.15) is 5.56 Å². The first-order valence-electron chi connectivity index (χ1n) is 8.47. The largest absolute Gasteiger partial charge is 0.461 e. The molecule has 0 fully saturated rings. The monoisotopic (exact) mass is 362 g/mol. The SMILES string of the molecule is CNc1ncc(C(=O)NCc2ccc(C)cc2)c2nc(-c3ccco3)nn12. The number of benzene rings is 1. The van der Waals surface area contributed by atoms with Gasteiger partial charge in [-0.1, -0.05) is 29.8 Å². The van der Waals surface area contributed by atoms with E-state index in [0.717, 1.165) is 5.56 Å². The highest BCUT2D eigenvalue weighted by Crippen LogP contribution is 2.20. The number of nitrogens with one attached hydrogen (secondary N) is 2. The van der Waals surface area contributed by atoms with E-state index in [9.17, 15) is 4.79 Å².